The molecule has 0 radical (unpaired) electrons. The number of rotatable bonds is 5. The van der Waals surface area contributed by atoms with E-state index in [9.17, 15) is 9.59 Å². The number of carbonyl (C=O) groups is 2. The lowest BCUT2D eigenvalue weighted by Gasteiger charge is -2.41. The molecule has 0 spiro atoms. The van der Waals surface area contributed by atoms with E-state index < -0.39 is 5.41 Å². The number of benzene rings is 1. The second-order valence-corrected chi connectivity index (χ2v) is 8.29. The molecule has 2 fully saturated rings. The molecule has 1 heterocycles. The fourth-order valence-electron chi connectivity index (χ4n) is 4.40. The normalized spacial score (nSPS) is 23.7. The molecule has 1 aliphatic heterocycles. The molecule has 2 aliphatic rings. The number of amides is 2. The van der Waals surface area contributed by atoms with Crippen molar-refractivity contribution in [3.63, 3.8) is 0 Å². The minimum Gasteiger partial charge on any atom is -0.497 e. The zero-order chi connectivity index (χ0) is 19.3. The predicted molar refractivity (Wildman–Crippen MR) is 105 cm³/mol. The highest BCUT2D eigenvalue weighted by molar-refractivity contribution is 5.85. The van der Waals surface area contributed by atoms with Crippen molar-refractivity contribution in [2.45, 2.75) is 58.4 Å². The molecule has 0 unspecified atom stereocenters. The lowest BCUT2D eigenvalue weighted by atomic mass is 9.79. The molecule has 27 heavy (non-hydrogen) atoms. The third-order valence-corrected chi connectivity index (χ3v) is 6.10. The van der Waals surface area contributed by atoms with Gasteiger partial charge in [0.1, 0.15) is 5.75 Å². The summed E-state index contributed by atoms with van der Waals surface area (Å²) < 4.78 is 5.24. The van der Waals surface area contributed by atoms with Gasteiger partial charge in [0.05, 0.1) is 12.5 Å². The van der Waals surface area contributed by atoms with Crippen molar-refractivity contribution >= 4 is 11.8 Å². The molecular weight excluding hydrogens is 340 g/mol. The number of nitrogens with one attached hydrogen (secondary N) is 1. The Kier molecular flexibility index (Phi) is 6.40. The Morgan fingerprint density at radius 3 is 2.74 bits per heavy atom. The second-order valence-electron chi connectivity index (χ2n) is 8.29. The quantitative estimate of drug-likeness (QED) is 0.860. The summed E-state index contributed by atoms with van der Waals surface area (Å²) in [5.74, 6) is 1.25. The van der Waals surface area contributed by atoms with Gasteiger partial charge < -0.3 is 15.0 Å². The number of ether oxygens (including phenoxy) is 1. The molecule has 5 nitrogen and oxygen atoms in total. The number of nitrogens with zero attached hydrogens (tertiary/aromatic N) is 1. The van der Waals surface area contributed by atoms with Crippen LogP contribution in [0.25, 0.3) is 0 Å². The van der Waals surface area contributed by atoms with E-state index in [2.05, 4.69) is 5.32 Å². The zero-order valence-corrected chi connectivity index (χ0v) is 16.6. The van der Waals surface area contributed by atoms with Crippen molar-refractivity contribution in [2.24, 2.45) is 11.3 Å². The first-order chi connectivity index (χ1) is 13.0. The smallest absolute Gasteiger partial charge is 0.227 e. The monoisotopic (exact) mass is 372 g/mol. The van der Waals surface area contributed by atoms with Gasteiger partial charge in [-0.3, -0.25) is 9.59 Å². The summed E-state index contributed by atoms with van der Waals surface area (Å²) in [6.07, 6.45) is 7.29. The molecule has 0 aromatic heterocycles. The molecule has 2 amide bonds. The molecule has 5 heteroatoms. The van der Waals surface area contributed by atoms with Gasteiger partial charge in [-0.15, -0.1) is 0 Å². The van der Waals surface area contributed by atoms with E-state index in [1.54, 1.807) is 7.11 Å². The van der Waals surface area contributed by atoms with Gasteiger partial charge in [-0.2, -0.15) is 0 Å². The Labute approximate surface area is 162 Å². The average Bonchev–Trinajstić information content (AvgIpc) is 2.72. The maximum Gasteiger partial charge on any atom is 0.227 e. The summed E-state index contributed by atoms with van der Waals surface area (Å²) in [6, 6.07) is 7.73. The van der Waals surface area contributed by atoms with Gasteiger partial charge >= 0.3 is 0 Å². The topological polar surface area (TPSA) is 58.6 Å². The first kappa shape index (κ1) is 19.7. The zero-order valence-electron chi connectivity index (χ0n) is 16.6. The van der Waals surface area contributed by atoms with Crippen LogP contribution in [0.5, 0.6) is 5.75 Å². The number of hydrogen-bond acceptors (Lipinski definition) is 3. The Bertz CT molecular complexity index is 669. The van der Waals surface area contributed by atoms with Crippen LogP contribution in [0.3, 0.4) is 0 Å². The molecule has 1 atom stereocenters. The maximum atomic E-state index is 12.9. The summed E-state index contributed by atoms with van der Waals surface area (Å²) in [4.78, 5) is 27.8. The van der Waals surface area contributed by atoms with Crippen LogP contribution in [-0.2, 0) is 16.1 Å². The van der Waals surface area contributed by atoms with Gasteiger partial charge in [0.2, 0.25) is 11.8 Å². The predicted octanol–water partition coefficient (Wildman–Crippen LogP) is 3.52. The fourth-order valence-corrected chi connectivity index (χ4v) is 4.40. The standard InChI is InChI=1S/C22H32N2O3/c1-22(21(26)23-15-17-8-6-11-19(14-17)27-2)12-7-13-24(16-22)20(25)18-9-4-3-5-10-18/h6,8,11,14,18H,3-5,7,9-10,12-13,15-16H2,1-2H3,(H,23,26)/t22-/m0/s1. The third-order valence-electron chi connectivity index (χ3n) is 6.10. The van der Waals surface area contributed by atoms with Crippen LogP contribution in [0, 0.1) is 11.3 Å². The number of piperidine rings is 1. The van der Waals surface area contributed by atoms with Crippen LogP contribution < -0.4 is 10.1 Å². The lowest BCUT2D eigenvalue weighted by molar-refractivity contribution is -0.144. The molecule has 3 rings (SSSR count). The highest BCUT2D eigenvalue weighted by atomic mass is 16.5. The summed E-state index contributed by atoms with van der Waals surface area (Å²) in [7, 11) is 1.64. The summed E-state index contributed by atoms with van der Waals surface area (Å²) >= 11 is 0. The van der Waals surface area contributed by atoms with Crippen LogP contribution in [0.4, 0.5) is 0 Å². The Balaban J connectivity index is 1.58. The maximum absolute atomic E-state index is 12.9. The molecule has 1 aliphatic carbocycles. The van der Waals surface area contributed by atoms with Crippen molar-refractivity contribution in [1.29, 1.82) is 0 Å². The Hall–Kier alpha value is -2.04. The van der Waals surface area contributed by atoms with E-state index in [1.807, 2.05) is 36.1 Å². The average molecular weight is 373 g/mol. The number of methoxy groups -OCH3 is 1. The summed E-state index contributed by atoms with van der Waals surface area (Å²) in [5, 5.41) is 3.07. The van der Waals surface area contributed by atoms with Gasteiger partial charge in [0.25, 0.3) is 0 Å². The third kappa shape index (κ3) is 4.82. The lowest BCUT2D eigenvalue weighted by Crippen LogP contribution is -2.53. The Morgan fingerprint density at radius 2 is 2.00 bits per heavy atom. The first-order valence-electron chi connectivity index (χ1n) is 10.2. The number of likely N-dealkylation sites (tertiary alicyclic amines) is 1. The van der Waals surface area contributed by atoms with E-state index in [0.29, 0.717) is 13.1 Å². The summed E-state index contributed by atoms with van der Waals surface area (Å²) in [5.41, 5.74) is 0.499. The molecule has 0 bridgehead atoms. The van der Waals surface area contributed by atoms with Crippen molar-refractivity contribution in [2.75, 3.05) is 20.2 Å². The molecule has 1 aromatic rings. The van der Waals surface area contributed by atoms with Crippen LogP contribution >= 0.6 is 0 Å². The molecule has 1 saturated carbocycles. The highest BCUT2D eigenvalue weighted by Crippen LogP contribution is 2.33. The molecule has 1 aromatic carbocycles. The second kappa shape index (κ2) is 8.77. The van der Waals surface area contributed by atoms with Crippen molar-refractivity contribution in [3.05, 3.63) is 29.8 Å². The largest absolute Gasteiger partial charge is 0.497 e. The van der Waals surface area contributed by atoms with E-state index in [-0.39, 0.29) is 17.7 Å². The van der Waals surface area contributed by atoms with Gasteiger partial charge in [-0.25, -0.2) is 0 Å². The number of hydrogen-bond donors (Lipinski definition) is 1. The van der Waals surface area contributed by atoms with Crippen LogP contribution in [-0.4, -0.2) is 36.9 Å². The van der Waals surface area contributed by atoms with Crippen molar-refractivity contribution < 1.29 is 14.3 Å². The van der Waals surface area contributed by atoms with Crippen molar-refractivity contribution in [1.82, 2.24) is 10.2 Å². The van der Waals surface area contributed by atoms with Crippen LogP contribution in [0.2, 0.25) is 0 Å². The van der Waals surface area contributed by atoms with Crippen molar-refractivity contribution in [3.8, 4) is 5.75 Å². The van der Waals surface area contributed by atoms with E-state index in [4.69, 9.17) is 4.74 Å². The fraction of sp³-hybridized carbons (Fsp3) is 0.636. The van der Waals surface area contributed by atoms with E-state index >= 15 is 0 Å². The van der Waals surface area contributed by atoms with Crippen LogP contribution in [0.1, 0.15) is 57.4 Å². The Morgan fingerprint density at radius 1 is 1.22 bits per heavy atom. The highest BCUT2D eigenvalue weighted by Gasteiger charge is 2.40. The summed E-state index contributed by atoms with van der Waals surface area (Å²) in [6.45, 7) is 3.79. The van der Waals surface area contributed by atoms with Gasteiger partial charge in [0.15, 0.2) is 0 Å². The minimum atomic E-state index is -0.512. The van der Waals surface area contributed by atoms with Gasteiger partial charge in [-0.1, -0.05) is 31.4 Å². The molecule has 1 saturated heterocycles. The van der Waals surface area contributed by atoms with E-state index in [1.165, 1.54) is 6.42 Å². The molecular formula is C22H32N2O3. The molecule has 148 valence electrons. The van der Waals surface area contributed by atoms with Gasteiger partial charge in [0, 0.05) is 25.6 Å². The number of carbonyl (C=O) groups excluding carboxylic acids is 2. The van der Waals surface area contributed by atoms with Gasteiger partial charge in [-0.05, 0) is 50.3 Å². The SMILES string of the molecule is COc1cccc(CNC(=O)[C@@]2(C)CCCN(C(=O)C3CCCCC3)C2)c1. The minimum absolute atomic E-state index is 0.0338. The van der Waals surface area contributed by atoms with E-state index in [0.717, 1.165) is 56.4 Å². The first-order valence-corrected chi connectivity index (χ1v) is 10.2. The van der Waals surface area contributed by atoms with Crippen LogP contribution in [0.15, 0.2) is 24.3 Å². The molecule has 1 N–H and O–H groups in total.